The second-order valence-corrected chi connectivity index (χ2v) is 5.69. The molecule has 0 saturated heterocycles. The maximum atomic E-state index is 3.48. The molecule has 1 nitrogen and oxygen atoms in total. The summed E-state index contributed by atoms with van der Waals surface area (Å²) in [6.07, 6.45) is 0. The first kappa shape index (κ1) is 12.3. The lowest BCUT2D eigenvalue weighted by molar-refractivity contribution is 0.555. The van der Waals surface area contributed by atoms with Gasteiger partial charge in [-0.2, -0.15) is 0 Å². The van der Waals surface area contributed by atoms with Crippen molar-refractivity contribution in [3.63, 3.8) is 0 Å². The zero-order chi connectivity index (χ0) is 12.1. The van der Waals surface area contributed by atoms with Crippen molar-refractivity contribution < 1.29 is 0 Å². The zero-order valence-corrected chi connectivity index (χ0v) is 11.3. The van der Waals surface area contributed by atoms with Crippen LogP contribution in [-0.4, -0.2) is 6.54 Å². The quantitative estimate of drug-likeness (QED) is 0.834. The van der Waals surface area contributed by atoms with Gasteiger partial charge >= 0.3 is 0 Å². The summed E-state index contributed by atoms with van der Waals surface area (Å²) in [6, 6.07) is 12.8. The first-order chi connectivity index (χ1) is 8.25. The Hall–Kier alpha value is -1.12. The van der Waals surface area contributed by atoms with Gasteiger partial charge in [0.15, 0.2) is 0 Å². The highest BCUT2D eigenvalue weighted by molar-refractivity contribution is 7.10. The molecular weight excluding hydrogens is 226 g/mol. The van der Waals surface area contributed by atoms with Crippen LogP contribution in [0.2, 0.25) is 0 Å². The molecule has 0 aliphatic rings. The van der Waals surface area contributed by atoms with Crippen LogP contribution < -0.4 is 5.32 Å². The molecule has 0 aliphatic carbocycles. The van der Waals surface area contributed by atoms with E-state index in [1.807, 2.05) is 11.3 Å². The SMILES string of the molecule is CC(C)CNCc1cc(-c2ccccc2)cs1. The zero-order valence-electron chi connectivity index (χ0n) is 10.4. The van der Waals surface area contributed by atoms with Gasteiger partial charge in [0.25, 0.3) is 0 Å². The second-order valence-electron chi connectivity index (χ2n) is 4.69. The average molecular weight is 245 g/mol. The number of hydrogen-bond donors (Lipinski definition) is 1. The predicted molar refractivity (Wildman–Crippen MR) is 76.3 cm³/mol. The van der Waals surface area contributed by atoms with Crippen LogP contribution in [0.15, 0.2) is 41.8 Å². The van der Waals surface area contributed by atoms with Crippen LogP contribution in [0.3, 0.4) is 0 Å². The molecule has 17 heavy (non-hydrogen) atoms. The van der Waals surface area contributed by atoms with E-state index in [-0.39, 0.29) is 0 Å². The third kappa shape index (κ3) is 3.69. The Morgan fingerprint density at radius 3 is 2.59 bits per heavy atom. The number of benzene rings is 1. The van der Waals surface area contributed by atoms with Crippen LogP contribution in [-0.2, 0) is 6.54 Å². The van der Waals surface area contributed by atoms with E-state index in [1.165, 1.54) is 16.0 Å². The van der Waals surface area contributed by atoms with Crippen molar-refractivity contribution in [1.29, 1.82) is 0 Å². The van der Waals surface area contributed by atoms with Gasteiger partial charge in [-0.25, -0.2) is 0 Å². The maximum absolute atomic E-state index is 3.48. The molecule has 0 atom stereocenters. The second kappa shape index (κ2) is 5.99. The normalized spacial score (nSPS) is 11.0. The number of hydrogen-bond acceptors (Lipinski definition) is 2. The molecule has 0 amide bonds. The van der Waals surface area contributed by atoms with Crippen molar-refractivity contribution in [2.75, 3.05) is 6.54 Å². The molecule has 1 N–H and O–H groups in total. The Bertz CT molecular complexity index is 445. The van der Waals surface area contributed by atoms with Gasteiger partial charge in [-0.05, 0) is 35.0 Å². The molecule has 0 saturated carbocycles. The molecular formula is C15H19NS. The topological polar surface area (TPSA) is 12.0 Å². The fourth-order valence-electron chi connectivity index (χ4n) is 1.74. The van der Waals surface area contributed by atoms with Gasteiger partial charge in [0.2, 0.25) is 0 Å². The summed E-state index contributed by atoms with van der Waals surface area (Å²) in [4.78, 5) is 1.41. The maximum Gasteiger partial charge on any atom is 0.0300 e. The van der Waals surface area contributed by atoms with Crippen molar-refractivity contribution in [2.45, 2.75) is 20.4 Å². The van der Waals surface area contributed by atoms with E-state index >= 15 is 0 Å². The Kier molecular flexibility index (Phi) is 4.35. The van der Waals surface area contributed by atoms with Gasteiger partial charge in [0, 0.05) is 11.4 Å². The molecule has 0 fully saturated rings. The van der Waals surface area contributed by atoms with Gasteiger partial charge in [-0.3, -0.25) is 0 Å². The van der Waals surface area contributed by atoms with E-state index in [9.17, 15) is 0 Å². The number of nitrogens with one attached hydrogen (secondary N) is 1. The lowest BCUT2D eigenvalue weighted by Crippen LogP contribution is -2.18. The molecule has 0 radical (unpaired) electrons. The van der Waals surface area contributed by atoms with Crippen LogP contribution in [0.5, 0.6) is 0 Å². The van der Waals surface area contributed by atoms with Crippen molar-refractivity contribution in [3.8, 4) is 11.1 Å². The number of rotatable bonds is 5. The highest BCUT2D eigenvalue weighted by atomic mass is 32.1. The summed E-state index contributed by atoms with van der Waals surface area (Å²) < 4.78 is 0. The summed E-state index contributed by atoms with van der Waals surface area (Å²) in [5.41, 5.74) is 2.64. The van der Waals surface area contributed by atoms with E-state index in [1.54, 1.807) is 0 Å². The van der Waals surface area contributed by atoms with E-state index < -0.39 is 0 Å². The summed E-state index contributed by atoms with van der Waals surface area (Å²) >= 11 is 1.83. The third-order valence-corrected chi connectivity index (χ3v) is 3.55. The van der Waals surface area contributed by atoms with Crippen LogP contribution in [0.4, 0.5) is 0 Å². The average Bonchev–Trinajstić information content (AvgIpc) is 2.78. The summed E-state index contributed by atoms with van der Waals surface area (Å²) in [5, 5.41) is 5.71. The molecule has 2 rings (SSSR count). The molecule has 0 aliphatic heterocycles. The molecule has 1 aromatic carbocycles. The van der Waals surface area contributed by atoms with Crippen molar-refractivity contribution in [3.05, 3.63) is 46.7 Å². The monoisotopic (exact) mass is 245 g/mol. The minimum absolute atomic E-state index is 0.712. The van der Waals surface area contributed by atoms with Gasteiger partial charge in [0.1, 0.15) is 0 Å². The third-order valence-electron chi connectivity index (χ3n) is 2.61. The number of thiophene rings is 1. The van der Waals surface area contributed by atoms with Crippen molar-refractivity contribution >= 4 is 11.3 Å². The van der Waals surface area contributed by atoms with Crippen LogP contribution in [0.1, 0.15) is 18.7 Å². The van der Waals surface area contributed by atoms with E-state index in [0.29, 0.717) is 5.92 Å². The molecule has 0 unspecified atom stereocenters. The van der Waals surface area contributed by atoms with Crippen molar-refractivity contribution in [2.24, 2.45) is 5.92 Å². The Labute approximate surface area is 108 Å². The highest BCUT2D eigenvalue weighted by Gasteiger charge is 2.02. The molecule has 2 aromatic rings. The first-order valence-electron chi connectivity index (χ1n) is 6.09. The Balaban J connectivity index is 1.97. The van der Waals surface area contributed by atoms with E-state index in [2.05, 4.69) is 60.9 Å². The summed E-state index contributed by atoms with van der Waals surface area (Å²) in [7, 11) is 0. The molecule has 0 bridgehead atoms. The first-order valence-corrected chi connectivity index (χ1v) is 6.97. The highest BCUT2D eigenvalue weighted by Crippen LogP contribution is 2.25. The Morgan fingerprint density at radius 1 is 1.12 bits per heavy atom. The standard InChI is InChI=1S/C15H19NS/c1-12(2)9-16-10-15-8-14(11-17-15)13-6-4-3-5-7-13/h3-8,11-12,16H,9-10H2,1-2H3. The van der Waals surface area contributed by atoms with Crippen molar-refractivity contribution in [1.82, 2.24) is 5.32 Å². The van der Waals surface area contributed by atoms with E-state index in [0.717, 1.165) is 13.1 Å². The fourth-order valence-corrected chi connectivity index (χ4v) is 2.60. The molecule has 2 heteroatoms. The molecule has 90 valence electrons. The molecule has 1 heterocycles. The van der Waals surface area contributed by atoms with Crippen LogP contribution in [0, 0.1) is 5.92 Å². The predicted octanol–water partition coefficient (Wildman–Crippen LogP) is 4.16. The van der Waals surface area contributed by atoms with Gasteiger partial charge in [-0.15, -0.1) is 11.3 Å². The molecule has 0 spiro atoms. The van der Waals surface area contributed by atoms with Crippen LogP contribution in [0.25, 0.3) is 11.1 Å². The van der Waals surface area contributed by atoms with Gasteiger partial charge in [-0.1, -0.05) is 44.2 Å². The molecule has 1 aromatic heterocycles. The minimum atomic E-state index is 0.712. The van der Waals surface area contributed by atoms with Crippen LogP contribution >= 0.6 is 11.3 Å². The largest absolute Gasteiger partial charge is 0.312 e. The van der Waals surface area contributed by atoms with E-state index in [4.69, 9.17) is 0 Å². The lowest BCUT2D eigenvalue weighted by Gasteiger charge is -2.05. The lowest BCUT2D eigenvalue weighted by atomic mass is 10.1. The minimum Gasteiger partial charge on any atom is -0.312 e. The summed E-state index contributed by atoms with van der Waals surface area (Å²) in [6.45, 7) is 6.53. The Morgan fingerprint density at radius 2 is 1.88 bits per heavy atom. The van der Waals surface area contributed by atoms with Gasteiger partial charge in [0.05, 0.1) is 0 Å². The summed E-state index contributed by atoms with van der Waals surface area (Å²) in [5.74, 6) is 0.712. The fraction of sp³-hybridized carbons (Fsp3) is 0.333. The van der Waals surface area contributed by atoms with Gasteiger partial charge < -0.3 is 5.32 Å². The smallest absolute Gasteiger partial charge is 0.0300 e.